The summed E-state index contributed by atoms with van der Waals surface area (Å²) in [6.45, 7) is 4.51. The van der Waals surface area contributed by atoms with E-state index in [-0.39, 0.29) is 29.8 Å². The number of aryl methyl sites for hydroxylation is 2. The normalized spacial score (nSPS) is 12.1. The lowest BCUT2D eigenvalue weighted by Crippen LogP contribution is -2.25. The number of amides is 1. The van der Waals surface area contributed by atoms with Crippen LogP contribution in [0.15, 0.2) is 76.8 Å². The van der Waals surface area contributed by atoms with Gasteiger partial charge in [-0.15, -0.1) is 0 Å². The standard InChI is InChI=1S/C29H33N3O5/c1-4-37-28(34)10-7-17-30-29(35)22-13-11-21(12-14-22)25(24-9-6-5-8-20(24)2)18-26(31-36)23-15-16-27(33)32(3)19-23/h5-6,8-9,11-16,19,25,36H,4,7,10,17-18H2,1-3H3,(H,30,35)/b31-26-. The van der Waals surface area contributed by atoms with Crippen LogP contribution in [-0.2, 0) is 16.6 Å². The number of nitrogens with one attached hydrogen (secondary N) is 1. The summed E-state index contributed by atoms with van der Waals surface area (Å²) in [6, 6.07) is 18.5. The Bertz CT molecular complexity index is 1310. The molecule has 3 rings (SSSR count). The molecule has 0 radical (unpaired) electrons. The summed E-state index contributed by atoms with van der Waals surface area (Å²) in [5, 5.41) is 16.3. The smallest absolute Gasteiger partial charge is 0.305 e. The number of hydrogen-bond donors (Lipinski definition) is 2. The maximum Gasteiger partial charge on any atom is 0.305 e. The summed E-state index contributed by atoms with van der Waals surface area (Å²) in [5.74, 6) is -0.636. The van der Waals surface area contributed by atoms with Gasteiger partial charge in [0, 0.05) is 55.7 Å². The van der Waals surface area contributed by atoms with E-state index in [1.807, 2.05) is 43.3 Å². The van der Waals surface area contributed by atoms with Crippen LogP contribution in [0.1, 0.15) is 64.7 Å². The van der Waals surface area contributed by atoms with Gasteiger partial charge in [-0.05, 0) is 55.2 Å². The SMILES string of the molecule is CCOC(=O)CCCNC(=O)c1ccc(C(C/C(=N/O)c2ccc(=O)n(C)c2)c2ccccc2C)cc1. The second kappa shape index (κ2) is 13.2. The van der Waals surface area contributed by atoms with Crippen molar-refractivity contribution in [1.82, 2.24) is 9.88 Å². The number of rotatable bonds is 11. The Labute approximate surface area is 216 Å². The van der Waals surface area contributed by atoms with Crippen LogP contribution in [0, 0.1) is 6.92 Å². The zero-order chi connectivity index (χ0) is 26.8. The first-order chi connectivity index (χ1) is 17.8. The molecule has 0 aliphatic heterocycles. The van der Waals surface area contributed by atoms with Crippen LogP contribution in [0.2, 0.25) is 0 Å². The molecule has 1 atom stereocenters. The van der Waals surface area contributed by atoms with E-state index in [9.17, 15) is 19.6 Å². The summed E-state index contributed by atoms with van der Waals surface area (Å²) in [4.78, 5) is 35.9. The largest absolute Gasteiger partial charge is 0.466 e. The number of nitrogens with zero attached hydrogens (tertiary/aromatic N) is 2. The van der Waals surface area contributed by atoms with Gasteiger partial charge in [0.25, 0.3) is 5.91 Å². The average Bonchev–Trinajstić information content (AvgIpc) is 2.90. The summed E-state index contributed by atoms with van der Waals surface area (Å²) < 4.78 is 6.35. The van der Waals surface area contributed by atoms with Crippen molar-refractivity contribution in [3.8, 4) is 0 Å². The van der Waals surface area contributed by atoms with Gasteiger partial charge in [-0.25, -0.2) is 0 Å². The van der Waals surface area contributed by atoms with Gasteiger partial charge in [-0.2, -0.15) is 0 Å². The molecule has 0 saturated heterocycles. The van der Waals surface area contributed by atoms with Crippen molar-refractivity contribution in [1.29, 1.82) is 0 Å². The summed E-state index contributed by atoms with van der Waals surface area (Å²) in [7, 11) is 1.65. The van der Waals surface area contributed by atoms with E-state index in [0.717, 1.165) is 16.7 Å². The van der Waals surface area contributed by atoms with E-state index in [1.54, 1.807) is 38.4 Å². The fraction of sp³-hybridized carbons (Fsp3) is 0.310. The van der Waals surface area contributed by atoms with E-state index in [2.05, 4.69) is 10.5 Å². The van der Waals surface area contributed by atoms with Gasteiger partial charge >= 0.3 is 5.97 Å². The monoisotopic (exact) mass is 503 g/mol. The maximum atomic E-state index is 12.6. The van der Waals surface area contributed by atoms with Gasteiger partial charge in [0.15, 0.2) is 0 Å². The van der Waals surface area contributed by atoms with Crippen LogP contribution in [-0.4, -0.2) is 40.5 Å². The highest BCUT2D eigenvalue weighted by atomic mass is 16.5. The van der Waals surface area contributed by atoms with E-state index < -0.39 is 0 Å². The highest BCUT2D eigenvalue weighted by molar-refractivity contribution is 6.00. The minimum absolute atomic E-state index is 0.147. The van der Waals surface area contributed by atoms with Gasteiger partial charge in [0.2, 0.25) is 5.56 Å². The van der Waals surface area contributed by atoms with Gasteiger partial charge in [0.05, 0.1) is 12.3 Å². The topological polar surface area (TPSA) is 110 Å². The second-order valence-corrected chi connectivity index (χ2v) is 8.81. The number of carbonyl (C=O) groups is 2. The molecule has 2 aromatic carbocycles. The molecule has 8 nitrogen and oxygen atoms in total. The molecule has 0 aliphatic rings. The number of hydrogen-bond acceptors (Lipinski definition) is 6. The van der Waals surface area contributed by atoms with Crippen LogP contribution in [0.3, 0.4) is 0 Å². The molecule has 194 valence electrons. The van der Waals surface area contributed by atoms with Crippen LogP contribution < -0.4 is 10.9 Å². The Hall–Kier alpha value is -4.20. The molecule has 1 heterocycles. The van der Waals surface area contributed by atoms with Crippen LogP contribution in [0.4, 0.5) is 0 Å². The molecule has 2 N–H and O–H groups in total. The minimum atomic E-state index is -0.271. The van der Waals surface area contributed by atoms with Crippen LogP contribution in [0.25, 0.3) is 0 Å². The molecule has 0 saturated carbocycles. The predicted octanol–water partition coefficient (Wildman–Crippen LogP) is 4.17. The number of carbonyl (C=O) groups excluding carboxylic acids is 2. The fourth-order valence-electron chi connectivity index (χ4n) is 4.20. The predicted molar refractivity (Wildman–Crippen MR) is 142 cm³/mol. The zero-order valence-electron chi connectivity index (χ0n) is 21.4. The number of esters is 1. The molecule has 1 aromatic heterocycles. The van der Waals surface area contributed by atoms with E-state index in [4.69, 9.17) is 4.74 Å². The van der Waals surface area contributed by atoms with Crippen molar-refractivity contribution in [3.05, 3.63) is 105 Å². The molecule has 0 bridgehead atoms. The maximum absolute atomic E-state index is 12.6. The molecule has 1 amide bonds. The lowest BCUT2D eigenvalue weighted by Gasteiger charge is -2.21. The molecular weight excluding hydrogens is 470 g/mol. The first-order valence-corrected chi connectivity index (χ1v) is 12.3. The number of oxime groups is 1. The molecule has 1 unspecified atom stereocenters. The Morgan fingerprint density at radius 2 is 1.76 bits per heavy atom. The quantitative estimate of drug-likeness (QED) is 0.134. The number of ether oxygens (including phenoxy) is 1. The molecule has 3 aromatic rings. The lowest BCUT2D eigenvalue weighted by molar-refractivity contribution is -0.143. The van der Waals surface area contributed by atoms with Crippen molar-refractivity contribution >= 4 is 17.6 Å². The zero-order valence-corrected chi connectivity index (χ0v) is 21.4. The highest BCUT2D eigenvalue weighted by Crippen LogP contribution is 2.32. The third kappa shape index (κ3) is 7.39. The first-order valence-electron chi connectivity index (χ1n) is 12.3. The molecule has 0 spiro atoms. The Morgan fingerprint density at radius 1 is 1.05 bits per heavy atom. The lowest BCUT2D eigenvalue weighted by atomic mass is 9.83. The Balaban J connectivity index is 1.80. The third-order valence-corrected chi connectivity index (χ3v) is 6.22. The van der Waals surface area contributed by atoms with Crippen molar-refractivity contribution in [3.63, 3.8) is 0 Å². The Kier molecular flexibility index (Phi) is 9.77. The first kappa shape index (κ1) is 27.4. The van der Waals surface area contributed by atoms with Crippen LogP contribution >= 0.6 is 0 Å². The number of aromatic nitrogens is 1. The van der Waals surface area contributed by atoms with Crippen LogP contribution in [0.5, 0.6) is 0 Å². The van der Waals surface area contributed by atoms with E-state index in [0.29, 0.717) is 42.8 Å². The van der Waals surface area contributed by atoms with Crippen molar-refractivity contribution in [2.75, 3.05) is 13.2 Å². The fourth-order valence-corrected chi connectivity index (χ4v) is 4.20. The molecular formula is C29H33N3O5. The molecule has 0 fully saturated rings. The third-order valence-electron chi connectivity index (χ3n) is 6.22. The second-order valence-electron chi connectivity index (χ2n) is 8.81. The van der Waals surface area contributed by atoms with Gasteiger partial charge in [-0.3, -0.25) is 14.4 Å². The highest BCUT2D eigenvalue weighted by Gasteiger charge is 2.21. The van der Waals surface area contributed by atoms with Gasteiger partial charge in [0.1, 0.15) is 0 Å². The van der Waals surface area contributed by atoms with E-state index in [1.165, 1.54) is 10.6 Å². The molecule has 37 heavy (non-hydrogen) atoms. The van der Waals surface area contributed by atoms with Gasteiger partial charge in [-0.1, -0.05) is 41.6 Å². The van der Waals surface area contributed by atoms with Gasteiger partial charge < -0.3 is 19.8 Å². The number of benzene rings is 2. The summed E-state index contributed by atoms with van der Waals surface area (Å²) in [5.41, 5.74) is 4.59. The van der Waals surface area contributed by atoms with E-state index >= 15 is 0 Å². The Morgan fingerprint density at radius 3 is 2.41 bits per heavy atom. The number of pyridine rings is 1. The average molecular weight is 504 g/mol. The van der Waals surface area contributed by atoms with Crippen molar-refractivity contribution < 1.29 is 19.5 Å². The summed E-state index contributed by atoms with van der Waals surface area (Å²) in [6.07, 6.45) is 2.81. The molecule has 8 heteroatoms. The minimum Gasteiger partial charge on any atom is -0.466 e. The van der Waals surface area contributed by atoms with Crippen molar-refractivity contribution in [2.24, 2.45) is 12.2 Å². The molecule has 0 aliphatic carbocycles. The summed E-state index contributed by atoms with van der Waals surface area (Å²) >= 11 is 0. The van der Waals surface area contributed by atoms with Crippen molar-refractivity contribution in [2.45, 2.75) is 39.0 Å².